The van der Waals surface area contributed by atoms with Gasteiger partial charge in [-0.05, 0) is 44.0 Å². The topological polar surface area (TPSA) is 30.5 Å². The van der Waals surface area contributed by atoms with E-state index in [0.717, 1.165) is 37.3 Å². The minimum Gasteiger partial charge on any atom is -0.493 e. The maximum Gasteiger partial charge on any atom is 0.160 e. The molecule has 0 saturated heterocycles. The maximum absolute atomic E-state index is 5.30. The van der Waals surface area contributed by atoms with Gasteiger partial charge in [0.05, 0.1) is 14.2 Å². The van der Waals surface area contributed by atoms with E-state index in [1.807, 2.05) is 12.1 Å². The van der Waals surface area contributed by atoms with Crippen LogP contribution >= 0.6 is 0 Å². The second kappa shape index (κ2) is 8.44. The number of hydrogen-bond acceptors (Lipinski definition) is 3. The van der Waals surface area contributed by atoms with E-state index in [0.29, 0.717) is 6.04 Å². The molecule has 0 aromatic heterocycles. The van der Waals surface area contributed by atoms with Crippen molar-refractivity contribution >= 4 is 0 Å². The predicted octanol–water partition coefficient (Wildman–Crippen LogP) is 2.64. The lowest BCUT2D eigenvalue weighted by Gasteiger charge is -2.15. The number of rotatable bonds is 8. The Bertz CT molecular complexity index is 423. The predicted molar refractivity (Wildman–Crippen MR) is 78.8 cm³/mol. The number of nitrogens with one attached hydrogen (secondary N) is 1. The number of ether oxygens (including phenoxy) is 2. The standard InChI is InChI=1S/C16H23NO2/c1-5-6-7-10-17-13(2)11-14-8-9-15(18-3)16(12-14)19-4/h1,8-9,12-13,17H,6-7,10-11H2,2-4H3. The zero-order chi connectivity index (χ0) is 14.1. The molecule has 1 rings (SSSR count). The molecule has 0 radical (unpaired) electrons. The molecule has 0 spiro atoms. The van der Waals surface area contributed by atoms with Gasteiger partial charge in [0.25, 0.3) is 0 Å². The average molecular weight is 261 g/mol. The van der Waals surface area contributed by atoms with Gasteiger partial charge in [0.2, 0.25) is 0 Å². The highest BCUT2D eigenvalue weighted by atomic mass is 16.5. The fraction of sp³-hybridized carbons (Fsp3) is 0.500. The summed E-state index contributed by atoms with van der Waals surface area (Å²) < 4.78 is 10.5. The molecule has 1 N–H and O–H groups in total. The van der Waals surface area contributed by atoms with Gasteiger partial charge in [-0.15, -0.1) is 12.3 Å². The van der Waals surface area contributed by atoms with Crippen molar-refractivity contribution in [1.29, 1.82) is 0 Å². The molecule has 0 amide bonds. The molecule has 0 aliphatic heterocycles. The van der Waals surface area contributed by atoms with E-state index < -0.39 is 0 Å². The summed E-state index contributed by atoms with van der Waals surface area (Å²) in [6, 6.07) is 6.45. The fourth-order valence-corrected chi connectivity index (χ4v) is 1.97. The van der Waals surface area contributed by atoms with E-state index in [9.17, 15) is 0 Å². The fourth-order valence-electron chi connectivity index (χ4n) is 1.97. The van der Waals surface area contributed by atoms with Crippen LogP contribution in [0.2, 0.25) is 0 Å². The smallest absolute Gasteiger partial charge is 0.160 e. The van der Waals surface area contributed by atoms with Crippen molar-refractivity contribution in [3.63, 3.8) is 0 Å². The van der Waals surface area contributed by atoms with Crippen molar-refractivity contribution in [3.05, 3.63) is 23.8 Å². The van der Waals surface area contributed by atoms with Gasteiger partial charge in [-0.3, -0.25) is 0 Å². The van der Waals surface area contributed by atoms with Crippen LogP contribution in [0.3, 0.4) is 0 Å². The third-order valence-electron chi connectivity index (χ3n) is 2.98. The normalized spacial score (nSPS) is 11.7. The van der Waals surface area contributed by atoms with Crippen molar-refractivity contribution in [2.75, 3.05) is 20.8 Å². The first kappa shape index (κ1) is 15.4. The monoisotopic (exact) mass is 261 g/mol. The summed E-state index contributed by atoms with van der Waals surface area (Å²) in [4.78, 5) is 0. The Hall–Kier alpha value is -1.66. The van der Waals surface area contributed by atoms with Gasteiger partial charge in [0, 0.05) is 12.5 Å². The summed E-state index contributed by atoms with van der Waals surface area (Å²) in [5.41, 5.74) is 1.23. The van der Waals surface area contributed by atoms with Crippen LogP contribution < -0.4 is 14.8 Å². The summed E-state index contributed by atoms with van der Waals surface area (Å²) in [5.74, 6) is 4.19. The lowest BCUT2D eigenvalue weighted by atomic mass is 10.1. The summed E-state index contributed by atoms with van der Waals surface area (Å²) in [6.07, 6.45) is 8.03. The third kappa shape index (κ3) is 5.23. The van der Waals surface area contributed by atoms with Crippen molar-refractivity contribution in [2.45, 2.75) is 32.2 Å². The van der Waals surface area contributed by atoms with Crippen molar-refractivity contribution in [3.8, 4) is 23.8 Å². The number of terminal acetylenes is 1. The highest BCUT2D eigenvalue weighted by Gasteiger charge is 2.07. The van der Waals surface area contributed by atoms with Crippen LogP contribution in [0.5, 0.6) is 11.5 Å². The number of methoxy groups -OCH3 is 2. The SMILES string of the molecule is C#CCCCNC(C)Cc1ccc(OC)c(OC)c1. The highest BCUT2D eigenvalue weighted by molar-refractivity contribution is 5.43. The van der Waals surface area contributed by atoms with E-state index in [-0.39, 0.29) is 0 Å². The molecule has 0 fully saturated rings. The van der Waals surface area contributed by atoms with Crippen LogP contribution in [-0.4, -0.2) is 26.8 Å². The number of unbranched alkanes of at least 4 members (excludes halogenated alkanes) is 1. The van der Waals surface area contributed by atoms with E-state index in [1.54, 1.807) is 14.2 Å². The Kier molecular flexibility index (Phi) is 6.84. The van der Waals surface area contributed by atoms with Gasteiger partial charge in [0.15, 0.2) is 11.5 Å². The molecular formula is C16H23NO2. The summed E-state index contributed by atoms with van der Waals surface area (Å²) in [7, 11) is 3.30. The Balaban J connectivity index is 2.50. The molecule has 1 unspecified atom stereocenters. The first-order valence-corrected chi connectivity index (χ1v) is 6.59. The van der Waals surface area contributed by atoms with Crippen LogP contribution in [-0.2, 0) is 6.42 Å². The summed E-state index contributed by atoms with van der Waals surface area (Å²) in [6.45, 7) is 3.13. The van der Waals surface area contributed by atoms with E-state index >= 15 is 0 Å². The van der Waals surface area contributed by atoms with Crippen molar-refractivity contribution in [1.82, 2.24) is 5.32 Å². The second-order valence-corrected chi connectivity index (χ2v) is 4.56. The van der Waals surface area contributed by atoms with Crippen LogP contribution in [0, 0.1) is 12.3 Å². The van der Waals surface area contributed by atoms with Crippen LogP contribution in [0.4, 0.5) is 0 Å². The zero-order valence-corrected chi connectivity index (χ0v) is 12.0. The van der Waals surface area contributed by atoms with Gasteiger partial charge >= 0.3 is 0 Å². The van der Waals surface area contributed by atoms with E-state index in [4.69, 9.17) is 15.9 Å². The molecule has 1 aromatic rings. The number of benzene rings is 1. The van der Waals surface area contributed by atoms with Crippen LogP contribution in [0.25, 0.3) is 0 Å². The molecule has 0 aliphatic rings. The largest absolute Gasteiger partial charge is 0.493 e. The summed E-state index contributed by atoms with van der Waals surface area (Å²) in [5, 5.41) is 3.46. The third-order valence-corrected chi connectivity index (χ3v) is 2.98. The molecule has 19 heavy (non-hydrogen) atoms. The summed E-state index contributed by atoms with van der Waals surface area (Å²) >= 11 is 0. The van der Waals surface area contributed by atoms with Gasteiger partial charge in [-0.25, -0.2) is 0 Å². The maximum atomic E-state index is 5.30. The first-order chi connectivity index (χ1) is 9.21. The van der Waals surface area contributed by atoms with Crippen LogP contribution in [0.1, 0.15) is 25.3 Å². The average Bonchev–Trinajstić information content (AvgIpc) is 2.43. The Morgan fingerprint density at radius 3 is 2.63 bits per heavy atom. The quantitative estimate of drug-likeness (QED) is 0.576. The van der Waals surface area contributed by atoms with Gasteiger partial charge in [0.1, 0.15) is 0 Å². The molecule has 104 valence electrons. The van der Waals surface area contributed by atoms with Crippen molar-refractivity contribution in [2.24, 2.45) is 0 Å². The number of hydrogen-bond donors (Lipinski definition) is 1. The minimum atomic E-state index is 0.413. The Morgan fingerprint density at radius 2 is 2.00 bits per heavy atom. The van der Waals surface area contributed by atoms with Gasteiger partial charge < -0.3 is 14.8 Å². The molecule has 0 saturated carbocycles. The van der Waals surface area contributed by atoms with E-state index in [2.05, 4.69) is 24.2 Å². The van der Waals surface area contributed by atoms with Crippen molar-refractivity contribution < 1.29 is 9.47 Å². The molecule has 0 aliphatic carbocycles. The molecule has 0 bridgehead atoms. The highest BCUT2D eigenvalue weighted by Crippen LogP contribution is 2.27. The molecular weight excluding hydrogens is 238 g/mol. The molecule has 3 nitrogen and oxygen atoms in total. The molecule has 3 heteroatoms. The Labute approximate surface area is 116 Å². The molecule has 0 heterocycles. The minimum absolute atomic E-state index is 0.413. The first-order valence-electron chi connectivity index (χ1n) is 6.59. The second-order valence-electron chi connectivity index (χ2n) is 4.56. The Morgan fingerprint density at radius 1 is 1.26 bits per heavy atom. The lowest BCUT2D eigenvalue weighted by Crippen LogP contribution is -2.28. The lowest BCUT2D eigenvalue weighted by molar-refractivity contribution is 0.354. The van der Waals surface area contributed by atoms with Gasteiger partial charge in [-0.2, -0.15) is 0 Å². The van der Waals surface area contributed by atoms with Crippen LogP contribution in [0.15, 0.2) is 18.2 Å². The molecule has 1 aromatic carbocycles. The molecule has 1 atom stereocenters. The van der Waals surface area contributed by atoms with Gasteiger partial charge in [-0.1, -0.05) is 6.07 Å². The zero-order valence-electron chi connectivity index (χ0n) is 12.0. The van der Waals surface area contributed by atoms with E-state index in [1.165, 1.54) is 5.56 Å².